The molecule has 1 atom stereocenters. The molecule has 2 rings (SSSR count). The van der Waals surface area contributed by atoms with Crippen LogP contribution in [0.2, 0.25) is 0 Å². The van der Waals surface area contributed by atoms with Crippen LogP contribution in [-0.4, -0.2) is 11.7 Å². The van der Waals surface area contributed by atoms with E-state index >= 15 is 0 Å². The van der Waals surface area contributed by atoms with Gasteiger partial charge in [0.1, 0.15) is 5.75 Å². The highest BCUT2D eigenvalue weighted by molar-refractivity contribution is 5.31. The molecule has 2 nitrogen and oxygen atoms in total. The lowest BCUT2D eigenvalue weighted by atomic mass is 9.82. The van der Waals surface area contributed by atoms with E-state index in [1.165, 1.54) is 12.8 Å². The van der Waals surface area contributed by atoms with Gasteiger partial charge in [0.05, 0.1) is 12.2 Å². The Balaban J connectivity index is 2.14. The molecule has 0 amide bonds. The predicted octanol–water partition coefficient (Wildman–Crippen LogP) is 3.48. The second kappa shape index (κ2) is 5.09. The van der Waals surface area contributed by atoms with Crippen LogP contribution in [0, 0.1) is 5.92 Å². The van der Waals surface area contributed by atoms with Crippen molar-refractivity contribution in [1.29, 1.82) is 0 Å². The molecule has 0 radical (unpaired) electrons. The Labute approximate surface area is 104 Å². The molecule has 0 saturated heterocycles. The molecule has 1 fully saturated rings. The van der Waals surface area contributed by atoms with E-state index in [0.717, 1.165) is 24.2 Å². The Morgan fingerprint density at radius 3 is 2.35 bits per heavy atom. The van der Waals surface area contributed by atoms with Crippen LogP contribution in [0.1, 0.15) is 45.1 Å². The van der Waals surface area contributed by atoms with E-state index in [2.05, 4.69) is 0 Å². The lowest BCUT2D eigenvalue weighted by Gasteiger charge is -2.30. The Hall–Kier alpha value is -1.02. The second-order valence-corrected chi connectivity index (χ2v) is 5.09. The van der Waals surface area contributed by atoms with Crippen molar-refractivity contribution in [2.75, 3.05) is 6.61 Å². The molecule has 0 aliphatic heterocycles. The lowest BCUT2D eigenvalue weighted by Crippen LogP contribution is -2.29. The largest absolute Gasteiger partial charge is 0.494 e. The highest BCUT2D eigenvalue weighted by Gasteiger charge is 2.35. The summed E-state index contributed by atoms with van der Waals surface area (Å²) in [7, 11) is 0. The molecule has 94 valence electrons. The summed E-state index contributed by atoms with van der Waals surface area (Å²) in [6.45, 7) is 4.60. The SMILES string of the molecule is CCOc1ccc(C(C)(O)C2CCCC2)cc1. The Kier molecular flexibility index (Phi) is 3.72. The quantitative estimate of drug-likeness (QED) is 0.864. The van der Waals surface area contributed by atoms with Gasteiger partial charge in [0.15, 0.2) is 0 Å². The van der Waals surface area contributed by atoms with Crippen LogP contribution in [-0.2, 0) is 5.60 Å². The summed E-state index contributed by atoms with van der Waals surface area (Å²) >= 11 is 0. The van der Waals surface area contributed by atoms with Crippen molar-refractivity contribution < 1.29 is 9.84 Å². The topological polar surface area (TPSA) is 29.5 Å². The number of aliphatic hydroxyl groups is 1. The highest BCUT2D eigenvalue weighted by Crippen LogP contribution is 2.40. The first-order valence-electron chi connectivity index (χ1n) is 6.60. The van der Waals surface area contributed by atoms with E-state index in [1.54, 1.807) is 0 Å². The van der Waals surface area contributed by atoms with Crippen molar-refractivity contribution in [2.45, 2.75) is 45.1 Å². The monoisotopic (exact) mass is 234 g/mol. The summed E-state index contributed by atoms with van der Waals surface area (Å²) < 4.78 is 5.42. The van der Waals surface area contributed by atoms with Crippen molar-refractivity contribution >= 4 is 0 Å². The molecule has 0 aromatic heterocycles. The Bertz CT molecular complexity index is 348. The van der Waals surface area contributed by atoms with Crippen molar-refractivity contribution in [3.8, 4) is 5.75 Å². The molecule has 1 aliphatic carbocycles. The Morgan fingerprint density at radius 2 is 1.82 bits per heavy atom. The number of benzene rings is 1. The Morgan fingerprint density at radius 1 is 1.24 bits per heavy atom. The van der Waals surface area contributed by atoms with Crippen molar-refractivity contribution in [1.82, 2.24) is 0 Å². The van der Waals surface area contributed by atoms with Crippen LogP contribution in [0.3, 0.4) is 0 Å². The fourth-order valence-electron chi connectivity index (χ4n) is 2.78. The third-order valence-electron chi connectivity index (χ3n) is 3.90. The van der Waals surface area contributed by atoms with E-state index in [-0.39, 0.29) is 0 Å². The number of ether oxygens (including phenoxy) is 1. The molecule has 17 heavy (non-hydrogen) atoms. The number of hydrogen-bond donors (Lipinski definition) is 1. The standard InChI is InChI=1S/C15H22O2/c1-3-17-14-10-8-13(9-11-14)15(2,16)12-6-4-5-7-12/h8-12,16H,3-7H2,1-2H3. The minimum Gasteiger partial charge on any atom is -0.494 e. The zero-order chi connectivity index (χ0) is 12.3. The van der Waals surface area contributed by atoms with Gasteiger partial charge in [-0.25, -0.2) is 0 Å². The third-order valence-corrected chi connectivity index (χ3v) is 3.90. The zero-order valence-corrected chi connectivity index (χ0v) is 10.8. The maximum atomic E-state index is 10.7. The van der Waals surface area contributed by atoms with E-state index in [0.29, 0.717) is 12.5 Å². The summed E-state index contributed by atoms with van der Waals surface area (Å²) in [4.78, 5) is 0. The minimum absolute atomic E-state index is 0.403. The lowest BCUT2D eigenvalue weighted by molar-refractivity contribution is -0.00335. The van der Waals surface area contributed by atoms with Gasteiger partial charge in [-0.3, -0.25) is 0 Å². The van der Waals surface area contributed by atoms with Gasteiger partial charge in [-0.05, 0) is 50.3 Å². The zero-order valence-electron chi connectivity index (χ0n) is 10.8. The van der Waals surface area contributed by atoms with E-state index in [4.69, 9.17) is 4.74 Å². The molecule has 1 unspecified atom stereocenters. The summed E-state index contributed by atoms with van der Waals surface area (Å²) in [5, 5.41) is 10.7. The average molecular weight is 234 g/mol. The molecule has 1 aromatic rings. The normalized spacial score (nSPS) is 20.2. The molecular weight excluding hydrogens is 212 g/mol. The molecule has 0 heterocycles. The van der Waals surface area contributed by atoms with Crippen LogP contribution < -0.4 is 4.74 Å². The molecule has 1 aliphatic rings. The van der Waals surface area contributed by atoms with Crippen molar-refractivity contribution in [3.63, 3.8) is 0 Å². The number of hydrogen-bond acceptors (Lipinski definition) is 2. The van der Waals surface area contributed by atoms with Gasteiger partial charge in [0, 0.05) is 0 Å². The maximum Gasteiger partial charge on any atom is 0.119 e. The average Bonchev–Trinajstić information content (AvgIpc) is 2.84. The van der Waals surface area contributed by atoms with E-state index in [1.807, 2.05) is 38.1 Å². The second-order valence-electron chi connectivity index (χ2n) is 5.09. The van der Waals surface area contributed by atoms with E-state index < -0.39 is 5.60 Å². The van der Waals surface area contributed by atoms with Gasteiger partial charge in [-0.2, -0.15) is 0 Å². The first-order valence-corrected chi connectivity index (χ1v) is 6.60. The molecule has 0 bridgehead atoms. The molecule has 2 heteroatoms. The summed E-state index contributed by atoms with van der Waals surface area (Å²) in [6.07, 6.45) is 4.77. The van der Waals surface area contributed by atoms with Gasteiger partial charge in [0.2, 0.25) is 0 Å². The maximum absolute atomic E-state index is 10.7. The number of rotatable bonds is 4. The van der Waals surface area contributed by atoms with Crippen LogP contribution in [0.15, 0.2) is 24.3 Å². The first kappa shape index (κ1) is 12.4. The predicted molar refractivity (Wildman–Crippen MR) is 69.1 cm³/mol. The molecule has 1 saturated carbocycles. The summed E-state index contributed by atoms with van der Waals surface area (Å²) in [5.41, 5.74) is 0.314. The van der Waals surface area contributed by atoms with Gasteiger partial charge in [-0.1, -0.05) is 25.0 Å². The summed E-state index contributed by atoms with van der Waals surface area (Å²) in [6, 6.07) is 7.87. The third kappa shape index (κ3) is 2.63. The minimum atomic E-state index is -0.693. The van der Waals surface area contributed by atoms with Crippen molar-refractivity contribution in [3.05, 3.63) is 29.8 Å². The smallest absolute Gasteiger partial charge is 0.119 e. The molecule has 0 spiro atoms. The fraction of sp³-hybridized carbons (Fsp3) is 0.600. The molecular formula is C15H22O2. The molecule has 1 aromatic carbocycles. The first-order chi connectivity index (χ1) is 8.14. The molecule has 1 N–H and O–H groups in total. The van der Waals surface area contributed by atoms with Crippen LogP contribution in [0.25, 0.3) is 0 Å². The van der Waals surface area contributed by atoms with Gasteiger partial charge in [0.25, 0.3) is 0 Å². The van der Waals surface area contributed by atoms with E-state index in [9.17, 15) is 5.11 Å². The van der Waals surface area contributed by atoms with Gasteiger partial charge >= 0.3 is 0 Å². The fourth-order valence-corrected chi connectivity index (χ4v) is 2.78. The van der Waals surface area contributed by atoms with Gasteiger partial charge < -0.3 is 9.84 Å². The van der Waals surface area contributed by atoms with Gasteiger partial charge in [-0.15, -0.1) is 0 Å². The van der Waals surface area contributed by atoms with Crippen LogP contribution in [0.4, 0.5) is 0 Å². The van der Waals surface area contributed by atoms with Crippen molar-refractivity contribution in [2.24, 2.45) is 5.92 Å². The highest BCUT2D eigenvalue weighted by atomic mass is 16.5. The van der Waals surface area contributed by atoms with Crippen LogP contribution >= 0.6 is 0 Å². The van der Waals surface area contributed by atoms with Crippen LogP contribution in [0.5, 0.6) is 5.75 Å². The summed E-state index contributed by atoms with van der Waals surface area (Å²) in [5.74, 6) is 1.28.